The van der Waals surface area contributed by atoms with Crippen molar-refractivity contribution in [1.29, 1.82) is 0 Å². The van der Waals surface area contributed by atoms with E-state index in [1.807, 2.05) is 12.4 Å². The topological polar surface area (TPSA) is 30.7 Å². The molecule has 0 aliphatic carbocycles. The molecule has 52 heavy (non-hydrogen) atoms. The molecule has 240 valence electrons. The molecule has 0 amide bonds. The maximum absolute atomic E-state index is 5.26. The zero-order valence-electron chi connectivity index (χ0n) is 30.2. The van der Waals surface area contributed by atoms with E-state index in [1.54, 1.807) is 0 Å². The van der Waals surface area contributed by atoms with E-state index >= 15 is 0 Å². The number of rotatable bonds is 5. The smallest absolute Gasteiger partial charge is 0.145 e. The summed E-state index contributed by atoms with van der Waals surface area (Å²) >= 11 is 0. The van der Waals surface area contributed by atoms with Gasteiger partial charge in [0.15, 0.2) is 0 Å². The predicted octanol–water partition coefficient (Wildman–Crippen LogP) is 2.69. The first-order valence-corrected chi connectivity index (χ1v) is 18.0. The minimum absolute atomic E-state index is 0.960. The van der Waals surface area contributed by atoms with E-state index in [9.17, 15) is 0 Å². The van der Waals surface area contributed by atoms with Crippen molar-refractivity contribution in [3.63, 3.8) is 0 Å². The van der Waals surface area contributed by atoms with E-state index in [1.165, 1.54) is 87.9 Å². The number of pyridine rings is 1. The molecule has 3 nitrogen and oxygen atoms in total. The van der Waals surface area contributed by atoms with Crippen molar-refractivity contribution in [3.8, 4) is 50.5 Å². The summed E-state index contributed by atoms with van der Waals surface area (Å²) < 4.78 is 2.38. The van der Waals surface area contributed by atoms with Gasteiger partial charge in [0.05, 0.1) is 11.0 Å². The molecule has 0 aliphatic heterocycles. The molecule has 0 saturated heterocycles. The summed E-state index contributed by atoms with van der Waals surface area (Å²) in [5.41, 5.74) is 18.3. The number of hydrogen-bond donors (Lipinski definition) is 0. The van der Waals surface area contributed by atoms with Gasteiger partial charge in [0.2, 0.25) is 0 Å². The van der Waals surface area contributed by atoms with E-state index < -0.39 is 0 Å². The number of fused-ring (bicyclic) bond motifs is 3. The van der Waals surface area contributed by atoms with Crippen LogP contribution in [0.3, 0.4) is 0 Å². The van der Waals surface area contributed by atoms with Crippen LogP contribution < -0.4 is 27.3 Å². The van der Waals surface area contributed by atoms with E-state index in [-0.39, 0.29) is 0 Å². The van der Waals surface area contributed by atoms with Gasteiger partial charge in [0, 0.05) is 23.6 Å². The summed E-state index contributed by atoms with van der Waals surface area (Å²) in [5.74, 6) is 0.960. The number of para-hydroxylation sites is 2. The van der Waals surface area contributed by atoms with E-state index in [4.69, 9.17) is 4.98 Å². The van der Waals surface area contributed by atoms with Crippen LogP contribution in [0.25, 0.3) is 83.0 Å². The van der Waals surface area contributed by atoms with Crippen LogP contribution in [0.5, 0.6) is 0 Å². The zero-order valence-corrected chi connectivity index (χ0v) is 30.2. The second kappa shape index (κ2) is 12.6. The Morgan fingerprint density at radius 3 is 1.31 bits per heavy atom. The Hall–Kier alpha value is -6.00. The van der Waals surface area contributed by atoms with Crippen molar-refractivity contribution in [2.24, 2.45) is 0 Å². The first-order valence-electron chi connectivity index (χ1n) is 18.0. The zero-order chi connectivity index (χ0) is 35.5. The minimum atomic E-state index is 0.960. The second-order valence-electron chi connectivity index (χ2n) is 14.0. The Bertz CT molecular complexity index is 2740. The molecule has 0 saturated carbocycles. The average molecular weight is 659 g/mol. The predicted molar refractivity (Wildman–Crippen MR) is 237 cm³/mol. The highest BCUT2D eigenvalue weighted by Crippen LogP contribution is 2.44. The Kier molecular flexibility index (Phi) is 7.77. The molecule has 9 rings (SSSR count). The number of nitrogens with zero attached hydrogens (tertiary/aromatic N) is 3. The maximum atomic E-state index is 5.26. The number of imidazole rings is 1. The fourth-order valence-corrected chi connectivity index (χ4v) is 8.17. The number of aromatic nitrogens is 3. The maximum Gasteiger partial charge on any atom is 0.145 e. The van der Waals surface area contributed by atoms with E-state index in [0.717, 1.165) is 22.4 Å². The summed E-state index contributed by atoms with van der Waals surface area (Å²) in [5, 5.41) is 4.97. The lowest BCUT2D eigenvalue weighted by Crippen LogP contribution is -2.56. The second-order valence-corrected chi connectivity index (χ2v) is 14.0. The van der Waals surface area contributed by atoms with Crippen LogP contribution in [0.15, 0.2) is 146 Å². The van der Waals surface area contributed by atoms with Gasteiger partial charge in [-0.15, -0.1) is 5.46 Å². The third-order valence-corrected chi connectivity index (χ3v) is 11.3. The van der Waals surface area contributed by atoms with Crippen molar-refractivity contribution in [2.75, 3.05) is 0 Å². The van der Waals surface area contributed by atoms with Crippen LogP contribution in [0.1, 0.15) is 0 Å². The van der Waals surface area contributed by atoms with Crippen molar-refractivity contribution in [1.82, 2.24) is 14.5 Å². The normalized spacial score (nSPS) is 11.5. The molecule has 7 aromatic carbocycles. The Labute approximate surface area is 308 Å². The molecular formula is C44H34B5N3. The number of benzene rings is 7. The summed E-state index contributed by atoms with van der Waals surface area (Å²) in [6.45, 7) is 0. The van der Waals surface area contributed by atoms with Crippen molar-refractivity contribution < 1.29 is 0 Å². The highest BCUT2D eigenvalue weighted by atomic mass is 15.1. The van der Waals surface area contributed by atoms with Gasteiger partial charge in [-0.1, -0.05) is 131 Å². The third kappa shape index (κ3) is 5.05. The molecule has 0 fully saturated rings. The molecule has 0 unspecified atom stereocenters. The van der Waals surface area contributed by atoms with Gasteiger partial charge in [0.1, 0.15) is 45.1 Å². The lowest BCUT2D eigenvalue weighted by atomic mass is 9.61. The molecule has 2 heterocycles. The van der Waals surface area contributed by atoms with E-state index in [2.05, 4.69) is 182 Å². The first kappa shape index (κ1) is 31.9. The molecule has 0 aliphatic rings. The third-order valence-electron chi connectivity index (χ3n) is 11.3. The highest BCUT2D eigenvalue weighted by molar-refractivity contribution is 6.68. The van der Waals surface area contributed by atoms with Crippen molar-refractivity contribution in [3.05, 3.63) is 146 Å². The lowest BCUT2D eigenvalue weighted by molar-refractivity contribution is 1.12. The summed E-state index contributed by atoms with van der Waals surface area (Å²) in [4.78, 5) is 9.45. The SMILES string of the molecule is Bc1c(B)c(B)c(-n2c(-c3ccc(-c4c5ccccc5c(-c5ccc(-c6ccncc6)cc5)c5ccccc45)cc3)nc3ccccc32)c(B)c1B. The summed E-state index contributed by atoms with van der Waals surface area (Å²) in [7, 11) is 11.2. The molecule has 0 atom stereocenters. The fraction of sp³-hybridized carbons (Fsp3) is 0. The molecule has 0 spiro atoms. The van der Waals surface area contributed by atoms with Crippen LogP contribution in [-0.4, -0.2) is 53.8 Å². The quantitative estimate of drug-likeness (QED) is 0.211. The molecule has 2 aromatic heterocycles. The standard InChI is InChI=1S/C44H34B5N3/c45-38-39(46)41(48)43(42(49)40(38)47)52-35-12-6-5-11-34(35)51-44(52)29-19-17-28(18-20-29)37-32-9-3-1-7-30(32)36(31-8-2-4-10-33(31)37)27-15-13-25(14-16-27)26-21-23-50-24-22-26/h1-24H,45-49H2. The molecule has 8 heteroatoms. The monoisotopic (exact) mass is 659 g/mol. The minimum Gasteiger partial charge on any atom is -0.294 e. The van der Waals surface area contributed by atoms with Crippen LogP contribution in [0.4, 0.5) is 0 Å². The first-order chi connectivity index (χ1) is 25.4. The van der Waals surface area contributed by atoms with Gasteiger partial charge in [0.25, 0.3) is 0 Å². The molecule has 0 N–H and O–H groups in total. The van der Waals surface area contributed by atoms with Gasteiger partial charge in [-0.25, -0.2) is 4.98 Å². The summed E-state index contributed by atoms with van der Waals surface area (Å²) in [6.07, 6.45) is 3.69. The van der Waals surface area contributed by atoms with Crippen LogP contribution >= 0.6 is 0 Å². The molecule has 0 radical (unpaired) electrons. The Morgan fingerprint density at radius 1 is 0.385 bits per heavy atom. The van der Waals surface area contributed by atoms with Gasteiger partial charge in [-0.3, -0.25) is 9.55 Å². The highest BCUT2D eigenvalue weighted by Gasteiger charge is 2.21. The van der Waals surface area contributed by atoms with Gasteiger partial charge in [-0.2, -0.15) is 0 Å². The van der Waals surface area contributed by atoms with E-state index in [0.29, 0.717) is 0 Å². The Balaban J connectivity index is 1.21. The summed E-state index contributed by atoms with van der Waals surface area (Å²) in [6, 6.07) is 48.3. The lowest BCUT2D eigenvalue weighted by Gasteiger charge is -2.23. The molecule has 0 bridgehead atoms. The van der Waals surface area contributed by atoms with Gasteiger partial charge in [-0.05, 0) is 79.2 Å². The van der Waals surface area contributed by atoms with Crippen LogP contribution in [0.2, 0.25) is 0 Å². The van der Waals surface area contributed by atoms with Crippen molar-refractivity contribution >= 4 is 99.1 Å². The number of hydrogen-bond acceptors (Lipinski definition) is 2. The fourth-order valence-electron chi connectivity index (χ4n) is 8.17. The molecule has 9 aromatic rings. The van der Waals surface area contributed by atoms with Crippen LogP contribution in [0, 0.1) is 0 Å². The Morgan fingerprint density at radius 2 is 0.788 bits per heavy atom. The molecular weight excluding hydrogens is 625 g/mol. The van der Waals surface area contributed by atoms with Gasteiger partial charge < -0.3 is 0 Å². The van der Waals surface area contributed by atoms with Crippen molar-refractivity contribution in [2.45, 2.75) is 0 Å². The average Bonchev–Trinajstić information content (AvgIpc) is 3.58. The van der Waals surface area contributed by atoms with Gasteiger partial charge >= 0.3 is 0 Å². The largest absolute Gasteiger partial charge is 0.294 e. The van der Waals surface area contributed by atoms with Crippen LogP contribution in [-0.2, 0) is 0 Å².